The van der Waals surface area contributed by atoms with Crippen LogP contribution in [0, 0.1) is 0 Å². The van der Waals surface area contributed by atoms with Crippen LogP contribution < -0.4 is 5.73 Å². The van der Waals surface area contributed by atoms with Crippen LogP contribution in [0.4, 0.5) is 5.13 Å². The lowest BCUT2D eigenvalue weighted by atomic mass is 10.1. The highest BCUT2D eigenvalue weighted by Gasteiger charge is 2.13. The molecule has 0 bridgehead atoms. The topological polar surface area (TPSA) is 42.1 Å². The average Bonchev–Trinajstić information content (AvgIpc) is 3.01. The summed E-state index contributed by atoms with van der Waals surface area (Å²) in [5.41, 5.74) is 8.24. The van der Waals surface area contributed by atoms with Crippen molar-refractivity contribution < 1.29 is 0 Å². The predicted molar refractivity (Wildman–Crippen MR) is 133 cm³/mol. The van der Waals surface area contributed by atoms with E-state index in [-0.39, 0.29) is 24.8 Å². The van der Waals surface area contributed by atoms with Crippen LogP contribution in [-0.4, -0.2) is 29.5 Å². The highest BCUT2D eigenvalue weighted by molar-refractivity contribution is 9.10. The van der Waals surface area contributed by atoms with Crippen LogP contribution in [0.25, 0.3) is 11.3 Å². The molecule has 0 aliphatic carbocycles. The molecule has 2 N–H and O–H groups in total. The Labute approximate surface area is 195 Å². The fourth-order valence-electron chi connectivity index (χ4n) is 3.14. The molecule has 2 rings (SSSR count). The lowest BCUT2D eigenvalue weighted by molar-refractivity contribution is 0.265. The molecule has 0 saturated heterocycles. The Hall–Kier alpha value is -0.330. The normalized spacial score (nSPS) is 10.6. The SMILES string of the molecule is CCCCCN(CCCCC)CCc1sc(N)nc1-c1ccc(Br)cc1.Cl.Cl. The Balaban J connectivity index is 0.00000364. The maximum Gasteiger partial charge on any atom is 0.180 e. The van der Waals surface area contributed by atoms with Crippen LogP contribution in [-0.2, 0) is 6.42 Å². The molecule has 0 atom stereocenters. The van der Waals surface area contributed by atoms with Crippen LogP contribution >= 0.6 is 52.1 Å². The molecular formula is C21H34BrCl2N3S. The molecule has 160 valence electrons. The summed E-state index contributed by atoms with van der Waals surface area (Å²) in [6.45, 7) is 8.05. The standard InChI is InChI=1S/C21H32BrN3S.2ClH/c1-3-5-7-14-25(15-8-6-4-2)16-13-19-20(24-21(23)26-19)17-9-11-18(22)12-10-17;;/h9-12H,3-8,13-16H2,1-2H3,(H2,23,24);2*1H. The minimum atomic E-state index is 0. The van der Waals surface area contributed by atoms with Crippen molar-refractivity contribution in [3.05, 3.63) is 33.6 Å². The Morgan fingerprint density at radius 1 is 0.929 bits per heavy atom. The number of unbranched alkanes of at least 4 members (excludes halogenated alkanes) is 4. The molecule has 1 aromatic heterocycles. The van der Waals surface area contributed by atoms with Gasteiger partial charge in [0.1, 0.15) is 0 Å². The number of hydrogen-bond donors (Lipinski definition) is 1. The van der Waals surface area contributed by atoms with E-state index in [1.165, 1.54) is 56.5 Å². The molecular weight excluding hydrogens is 477 g/mol. The van der Waals surface area contributed by atoms with Crippen LogP contribution in [0.1, 0.15) is 57.2 Å². The van der Waals surface area contributed by atoms with Gasteiger partial charge in [0.2, 0.25) is 0 Å². The molecule has 0 saturated carbocycles. The highest BCUT2D eigenvalue weighted by atomic mass is 79.9. The number of halogens is 3. The first-order chi connectivity index (χ1) is 12.6. The fourth-order valence-corrected chi connectivity index (χ4v) is 4.25. The quantitative estimate of drug-likeness (QED) is 0.306. The van der Waals surface area contributed by atoms with Gasteiger partial charge in [0.05, 0.1) is 5.69 Å². The van der Waals surface area contributed by atoms with E-state index in [0.29, 0.717) is 5.13 Å². The van der Waals surface area contributed by atoms with Gasteiger partial charge in [-0.2, -0.15) is 0 Å². The van der Waals surface area contributed by atoms with Crippen LogP contribution in [0.3, 0.4) is 0 Å². The van der Waals surface area contributed by atoms with E-state index in [9.17, 15) is 0 Å². The maximum atomic E-state index is 6.03. The van der Waals surface area contributed by atoms with Crippen molar-refractivity contribution in [2.75, 3.05) is 25.4 Å². The third-order valence-electron chi connectivity index (χ3n) is 4.64. The van der Waals surface area contributed by atoms with Crippen molar-refractivity contribution in [2.24, 2.45) is 0 Å². The summed E-state index contributed by atoms with van der Waals surface area (Å²) in [6, 6.07) is 8.36. The van der Waals surface area contributed by atoms with Gasteiger partial charge < -0.3 is 10.6 Å². The second-order valence-corrected chi connectivity index (χ2v) is 8.87. The number of rotatable bonds is 12. The van der Waals surface area contributed by atoms with Gasteiger partial charge >= 0.3 is 0 Å². The molecule has 0 amide bonds. The summed E-state index contributed by atoms with van der Waals surface area (Å²) >= 11 is 5.14. The predicted octanol–water partition coefficient (Wildman–Crippen LogP) is 7.22. The van der Waals surface area contributed by atoms with E-state index in [0.717, 1.165) is 28.7 Å². The molecule has 0 unspecified atom stereocenters. The summed E-state index contributed by atoms with van der Waals surface area (Å²) in [4.78, 5) is 8.54. The summed E-state index contributed by atoms with van der Waals surface area (Å²) < 4.78 is 1.09. The number of hydrogen-bond acceptors (Lipinski definition) is 4. The van der Waals surface area contributed by atoms with Crippen molar-refractivity contribution in [1.82, 2.24) is 9.88 Å². The molecule has 0 fully saturated rings. The first-order valence-electron chi connectivity index (χ1n) is 9.87. The fraction of sp³-hybridized carbons (Fsp3) is 0.571. The second kappa shape index (κ2) is 15.5. The number of thiazole rings is 1. The zero-order valence-corrected chi connectivity index (χ0v) is 21.0. The van der Waals surface area contributed by atoms with E-state index in [1.54, 1.807) is 11.3 Å². The lowest BCUT2D eigenvalue weighted by Gasteiger charge is -2.22. The third kappa shape index (κ3) is 9.45. The summed E-state index contributed by atoms with van der Waals surface area (Å²) in [7, 11) is 0. The monoisotopic (exact) mass is 509 g/mol. The minimum absolute atomic E-state index is 0. The number of nitrogen functional groups attached to an aromatic ring is 1. The summed E-state index contributed by atoms with van der Waals surface area (Å²) in [5.74, 6) is 0. The lowest BCUT2D eigenvalue weighted by Crippen LogP contribution is -2.28. The van der Waals surface area contributed by atoms with E-state index >= 15 is 0 Å². The van der Waals surface area contributed by atoms with Crippen molar-refractivity contribution in [1.29, 1.82) is 0 Å². The van der Waals surface area contributed by atoms with Gasteiger partial charge in [-0.3, -0.25) is 0 Å². The maximum absolute atomic E-state index is 6.03. The number of nitrogens with zero attached hydrogens (tertiary/aromatic N) is 2. The van der Waals surface area contributed by atoms with Crippen molar-refractivity contribution >= 4 is 57.2 Å². The molecule has 0 spiro atoms. The summed E-state index contributed by atoms with van der Waals surface area (Å²) in [5, 5.41) is 0.668. The van der Waals surface area contributed by atoms with Crippen molar-refractivity contribution in [2.45, 2.75) is 58.8 Å². The third-order valence-corrected chi connectivity index (χ3v) is 6.12. The molecule has 3 nitrogen and oxygen atoms in total. The Kier molecular flexibility index (Phi) is 15.3. The molecule has 2 aromatic rings. The van der Waals surface area contributed by atoms with Gasteiger partial charge in [0.15, 0.2) is 5.13 Å². The smallest absolute Gasteiger partial charge is 0.180 e. The molecule has 1 heterocycles. The molecule has 0 radical (unpaired) electrons. The van der Waals surface area contributed by atoms with Gasteiger partial charge in [0.25, 0.3) is 0 Å². The average molecular weight is 511 g/mol. The van der Waals surface area contributed by atoms with Crippen molar-refractivity contribution in [3.63, 3.8) is 0 Å². The van der Waals surface area contributed by atoms with Gasteiger partial charge in [-0.25, -0.2) is 4.98 Å². The van der Waals surface area contributed by atoms with Gasteiger partial charge in [0, 0.05) is 21.5 Å². The Bertz CT molecular complexity index is 640. The molecule has 0 aliphatic rings. The number of benzene rings is 1. The zero-order chi connectivity index (χ0) is 18.8. The Morgan fingerprint density at radius 3 is 2.04 bits per heavy atom. The van der Waals surface area contributed by atoms with E-state index in [4.69, 9.17) is 5.73 Å². The van der Waals surface area contributed by atoms with E-state index in [2.05, 4.69) is 63.9 Å². The van der Waals surface area contributed by atoms with Crippen LogP contribution in [0.5, 0.6) is 0 Å². The van der Waals surface area contributed by atoms with Gasteiger partial charge in [-0.1, -0.05) is 67.6 Å². The first-order valence-corrected chi connectivity index (χ1v) is 11.5. The number of aromatic nitrogens is 1. The Morgan fingerprint density at radius 2 is 1.50 bits per heavy atom. The van der Waals surface area contributed by atoms with Crippen LogP contribution in [0.15, 0.2) is 28.7 Å². The zero-order valence-electron chi connectivity index (χ0n) is 17.0. The number of anilines is 1. The van der Waals surface area contributed by atoms with Crippen LogP contribution in [0.2, 0.25) is 0 Å². The van der Waals surface area contributed by atoms with Crippen molar-refractivity contribution in [3.8, 4) is 11.3 Å². The molecule has 0 aliphatic heterocycles. The minimum Gasteiger partial charge on any atom is -0.375 e. The second-order valence-electron chi connectivity index (χ2n) is 6.84. The van der Waals surface area contributed by atoms with E-state index < -0.39 is 0 Å². The van der Waals surface area contributed by atoms with Gasteiger partial charge in [-0.15, -0.1) is 36.2 Å². The van der Waals surface area contributed by atoms with Gasteiger partial charge in [-0.05, 0) is 44.5 Å². The molecule has 28 heavy (non-hydrogen) atoms. The molecule has 1 aromatic carbocycles. The highest BCUT2D eigenvalue weighted by Crippen LogP contribution is 2.31. The largest absolute Gasteiger partial charge is 0.375 e. The number of nitrogens with two attached hydrogens (primary N) is 1. The summed E-state index contributed by atoms with van der Waals surface area (Å²) in [6.07, 6.45) is 8.83. The molecule has 7 heteroatoms. The first kappa shape index (κ1) is 27.7. The van der Waals surface area contributed by atoms with E-state index in [1.807, 2.05) is 0 Å².